The minimum absolute atomic E-state index is 0.635. The first kappa shape index (κ1) is 13.5. The second-order valence-electron chi connectivity index (χ2n) is 4.97. The van der Waals surface area contributed by atoms with Crippen molar-refractivity contribution in [3.63, 3.8) is 0 Å². The zero-order valence-corrected chi connectivity index (χ0v) is 12.1. The molecule has 1 fully saturated rings. The van der Waals surface area contributed by atoms with Crippen molar-refractivity contribution in [2.45, 2.75) is 0 Å². The molecule has 0 radical (unpaired) electrons. The summed E-state index contributed by atoms with van der Waals surface area (Å²) < 4.78 is 5.19. The van der Waals surface area contributed by atoms with Gasteiger partial charge >= 0.3 is 0 Å². The molecule has 2 aromatic rings. The summed E-state index contributed by atoms with van der Waals surface area (Å²) >= 11 is 0. The normalized spacial score (nSPS) is 15.1. The Morgan fingerprint density at radius 1 is 1.05 bits per heavy atom. The highest BCUT2D eigenvalue weighted by Gasteiger charge is 2.19. The van der Waals surface area contributed by atoms with Gasteiger partial charge in [0.25, 0.3) is 0 Å². The van der Waals surface area contributed by atoms with E-state index in [1.807, 2.05) is 12.1 Å². The molecule has 0 spiro atoms. The second kappa shape index (κ2) is 5.87. The standard InChI is InChI=1S/C15H19N5O/c1-21-13-4-2-12(3-5-13)19-6-8-20(9-7-19)15-14(16)10-17-11-18-15/h2-5,10-11H,6-9,16H2,1H3. The first-order chi connectivity index (χ1) is 10.3. The van der Waals surface area contributed by atoms with Gasteiger partial charge in [0.1, 0.15) is 12.1 Å². The molecule has 1 aliphatic heterocycles. The van der Waals surface area contributed by atoms with Crippen molar-refractivity contribution in [2.75, 3.05) is 48.8 Å². The van der Waals surface area contributed by atoms with Crippen LogP contribution in [0.15, 0.2) is 36.8 Å². The van der Waals surface area contributed by atoms with E-state index in [0.717, 1.165) is 37.7 Å². The predicted molar refractivity (Wildman–Crippen MR) is 83.9 cm³/mol. The van der Waals surface area contributed by atoms with Crippen LogP contribution in [0.1, 0.15) is 0 Å². The Balaban J connectivity index is 1.66. The lowest BCUT2D eigenvalue weighted by molar-refractivity contribution is 0.415. The maximum absolute atomic E-state index is 5.93. The molecule has 0 atom stereocenters. The predicted octanol–water partition coefficient (Wildman–Crippen LogP) is 1.39. The van der Waals surface area contributed by atoms with Crippen LogP contribution in [0.5, 0.6) is 5.75 Å². The molecular formula is C15H19N5O. The van der Waals surface area contributed by atoms with Gasteiger partial charge in [0.05, 0.1) is 19.0 Å². The lowest BCUT2D eigenvalue weighted by Crippen LogP contribution is -2.47. The number of aromatic nitrogens is 2. The number of hydrogen-bond acceptors (Lipinski definition) is 6. The largest absolute Gasteiger partial charge is 0.497 e. The zero-order chi connectivity index (χ0) is 14.7. The summed E-state index contributed by atoms with van der Waals surface area (Å²) in [5.74, 6) is 1.71. The van der Waals surface area contributed by atoms with Crippen molar-refractivity contribution in [3.05, 3.63) is 36.8 Å². The highest BCUT2D eigenvalue weighted by Crippen LogP contribution is 2.23. The van der Waals surface area contributed by atoms with Crippen molar-refractivity contribution in [1.29, 1.82) is 0 Å². The molecule has 0 bridgehead atoms. The monoisotopic (exact) mass is 285 g/mol. The van der Waals surface area contributed by atoms with Crippen molar-refractivity contribution >= 4 is 17.2 Å². The van der Waals surface area contributed by atoms with Crippen LogP contribution < -0.4 is 20.3 Å². The molecule has 1 saturated heterocycles. The molecule has 21 heavy (non-hydrogen) atoms. The number of benzene rings is 1. The minimum Gasteiger partial charge on any atom is -0.497 e. The number of nitrogens with zero attached hydrogens (tertiary/aromatic N) is 4. The number of piperazine rings is 1. The first-order valence-corrected chi connectivity index (χ1v) is 6.97. The van der Waals surface area contributed by atoms with Crippen molar-refractivity contribution in [2.24, 2.45) is 0 Å². The van der Waals surface area contributed by atoms with Crippen molar-refractivity contribution < 1.29 is 4.74 Å². The Hall–Kier alpha value is -2.50. The van der Waals surface area contributed by atoms with E-state index in [1.165, 1.54) is 5.69 Å². The van der Waals surface area contributed by atoms with E-state index in [4.69, 9.17) is 10.5 Å². The summed E-state index contributed by atoms with van der Waals surface area (Å²) in [4.78, 5) is 12.8. The Labute approximate surface area is 124 Å². The minimum atomic E-state index is 0.635. The molecule has 1 aromatic heterocycles. The molecular weight excluding hydrogens is 266 g/mol. The Bertz CT molecular complexity index is 593. The van der Waals surface area contributed by atoms with Crippen LogP contribution in [0.3, 0.4) is 0 Å². The molecule has 3 rings (SSSR count). The molecule has 110 valence electrons. The number of nitrogens with two attached hydrogens (primary N) is 1. The van der Waals surface area contributed by atoms with Crippen LogP contribution in [0, 0.1) is 0 Å². The van der Waals surface area contributed by atoms with Gasteiger partial charge in [0.15, 0.2) is 5.82 Å². The van der Waals surface area contributed by atoms with E-state index in [9.17, 15) is 0 Å². The van der Waals surface area contributed by atoms with Gasteiger partial charge in [-0.2, -0.15) is 0 Å². The zero-order valence-electron chi connectivity index (χ0n) is 12.1. The Morgan fingerprint density at radius 2 is 1.71 bits per heavy atom. The van der Waals surface area contributed by atoms with Gasteiger partial charge in [-0.15, -0.1) is 0 Å². The number of anilines is 3. The summed E-state index contributed by atoms with van der Waals surface area (Å²) in [6.45, 7) is 3.67. The van der Waals surface area contributed by atoms with Gasteiger partial charge in [-0.1, -0.05) is 0 Å². The van der Waals surface area contributed by atoms with Gasteiger partial charge in [-0.3, -0.25) is 0 Å². The number of methoxy groups -OCH3 is 1. The molecule has 6 heteroatoms. The van der Waals surface area contributed by atoms with E-state index in [2.05, 4.69) is 31.9 Å². The maximum atomic E-state index is 5.93. The molecule has 6 nitrogen and oxygen atoms in total. The second-order valence-corrected chi connectivity index (χ2v) is 4.97. The summed E-state index contributed by atoms with van der Waals surface area (Å²) in [7, 11) is 1.68. The van der Waals surface area contributed by atoms with Crippen LogP contribution in [0.4, 0.5) is 17.2 Å². The highest BCUT2D eigenvalue weighted by molar-refractivity contribution is 5.62. The van der Waals surface area contributed by atoms with Crippen LogP contribution in [-0.2, 0) is 0 Å². The lowest BCUT2D eigenvalue weighted by Gasteiger charge is -2.37. The van der Waals surface area contributed by atoms with Crippen LogP contribution in [-0.4, -0.2) is 43.3 Å². The van der Waals surface area contributed by atoms with Crippen LogP contribution >= 0.6 is 0 Å². The van der Waals surface area contributed by atoms with Gasteiger partial charge in [-0.05, 0) is 24.3 Å². The number of hydrogen-bond donors (Lipinski definition) is 1. The quantitative estimate of drug-likeness (QED) is 0.919. The van der Waals surface area contributed by atoms with E-state index in [0.29, 0.717) is 5.69 Å². The van der Waals surface area contributed by atoms with Gasteiger partial charge in [0.2, 0.25) is 0 Å². The summed E-state index contributed by atoms with van der Waals surface area (Å²) in [5.41, 5.74) is 7.78. The molecule has 0 amide bonds. The summed E-state index contributed by atoms with van der Waals surface area (Å²) in [6.07, 6.45) is 3.19. The fourth-order valence-corrected chi connectivity index (χ4v) is 2.57. The number of rotatable bonds is 3. The maximum Gasteiger partial charge on any atom is 0.155 e. The Kier molecular flexibility index (Phi) is 3.77. The van der Waals surface area contributed by atoms with Crippen molar-refractivity contribution in [1.82, 2.24) is 9.97 Å². The topological polar surface area (TPSA) is 67.5 Å². The lowest BCUT2D eigenvalue weighted by atomic mass is 10.2. The van der Waals surface area contributed by atoms with Gasteiger partial charge < -0.3 is 20.3 Å². The fourth-order valence-electron chi connectivity index (χ4n) is 2.57. The average molecular weight is 285 g/mol. The number of ether oxygens (including phenoxy) is 1. The number of nitrogen functional groups attached to an aromatic ring is 1. The first-order valence-electron chi connectivity index (χ1n) is 6.97. The third kappa shape index (κ3) is 2.84. The molecule has 1 aliphatic rings. The summed E-state index contributed by atoms with van der Waals surface area (Å²) in [6, 6.07) is 8.16. The average Bonchev–Trinajstić information content (AvgIpc) is 2.56. The molecule has 1 aromatic carbocycles. The SMILES string of the molecule is COc1ccc(N2CCN(c3ncncc3N)CC2)cc1. The molecule has 0 aliphatic carbocycles. The van der Waals surface area contributed by atoms with E-state index in [-0.39, 0.29) is 0 Å². The Morgan fingerprint density at radius 3 is 2.33 bits per heavy atom. The van der Waals surface area contributed by atoms with E-state index in [1.54, 1.807) is 19.6 Å². The van der Waals surface area contributed by atoms with E-state index >= 15 is 0 Å². The van der Waals surface area contributed by atoms with Crippen LogP contribution in [0.25, 0.3) is 0 Å². The molecule has 0 saturated carbocycles. The van der Waals surface area contributed by atoms with Crippen molar-refractivity contribution in [3.8, 4) is 5.75 Å². The van der Waals surface area contributed by atoms with Gasteiger partial charge in [-0.25, -0.2) is 9.97 Å². The highest BCUT2D eigenvalue weighted by atomic mass is 16.5. The summed E-state index contributed by atoms with van der Waals surface area (Å²) in [5, 5.41) is 0. The third-order valence-electron chi connectivity index (χ3n) is 3.74. The molecule has 0 unspecified atom stereocenters. The molecule has 2 N–H and O–H groups in total. The molecule has 2 heterocycles. The van der Waals surface area contributed by atoms with E-state index < -0.39 is 0 Å². The van der Waals surface area contributed by atoms with Gasteiger partial charge in [0, 0.05) is 31.9 Å². The smallest absolute Gasteiger partial charge is 0.155 e. The van der Waals surface area contributed by atoms with Crippen LogP contribution in [0.2, 0.25) is 0 Å². The third-order valence-corrected chi connectivity index (χ3v) is 3.74. The fraction of sp³-hybridized carbons (Fsp3) is 0.333.